The van der Waals surface area contributed by atoms with Gasteiger partial charge in [-0.3, -0.25) is 0 Å². The molecule has 0 saturated carbocycles. The zero-order chi connectivity index (χ0) is 14.7. The summed E-state index contributed by atoms with van der Waals surface area (Å²) in [6, 6.07) is 10.2. The molecule has 0 bridgehead atoms. The highest BCUT2D eigenvalue weighted by molar-refractivity contribution is 7.21. The van der Waals surface area contributed by atoms with Crippen LogP contribution in [0.15, 0.2) is 42.7 Å². The number of fused-ring (bicyclic) bond motifs is 1. The van der Waals surface area contributed by atoms with Crippen LogP contribution < -0.4 is 9.30 Å². The number of nitrogens with zero attached hydrogens (tertiary/aromatic N) is 2. The summed E-state index contributed by atoms with van der Waals surface area (Å²) < 4.78 is 8.82. The first-order chi connectivity index (χ1) is 10.3. The van der Waals surface area contributed by atoms with Crippen molar-refractivity contribution in [2.75, 3.05) is 12.5 Å². The Morgan fingerprint density at radius 3 is 2.81 bits per heavy atom. The average molecular weight is 320 g/mol. The minimum Gasteiger partial charge on any atom is -0.494 e. The molecule has 0 aliphatic heterocycles. The van der Waals surface area contributed by atoms with E-state index in [2.05, 4.69) is 11.1 Å². The van der Waals surface area contributed by atoms with Gasteiger partial charge in [-0.1, -0.05) is 0 Å². The van der Waals surface area contributed by atoms with Gasteiger partial charge in [0.05, 0.1) is 11.3 Å². The molecule has 0 N–H and O–H groups in total. The predicted octanol–water partition coefficient (Wildman–Crippen LogP) is 3.80. The summed E-state index contributed by atoms with van der Waals surface area (Å²) in [7, 11) is 2.01. The maximum Gasteiger partial charge on any atom is 0.195 e. The van der Waals surface area contributed by atoms with Gasteiger partial charge in [0.2, 0.25) is 0 Å². The van der Waals surface area contributed by atoms with Crippen molar-refractivity contribution in [3.05, 3.63) is 42.7 Å². The van der Waals surface area contributed by atoms with Crippen molar-refractivity contribution in [2.45, 2.75) is 6.42 Å². The summed E-state index contributed by atoms with van der Waals surface area (Å²) in [6.07, 6.45) is 4.94. The minimum atomic E-state index is 0.626. The highest BCUT2D eigenvalue weighted by atomic mass is 35.5. The molecule has 0 radical (unpaired) electrons. The Bertz CT molecular complexity index is 740. The van der Waals surface area contributed by atoms with Crippen LogP contribution >= 0.6 is 22.9 Å². The van der Waals surface area contributed by atoms with Gasteiger partial charge in [-0.25, -0.2) is 9.55 Å². The van der Waals surface area contributed by atoms with Crippen LogP contribution in [0, 0.1) is 0 Å². The van der Waals surface area contributed by atoms with E-state index in [0.717, 1.165) is 28.3 Å². The molecular formula is C16H16ClN2OS+. The Kier molecular flexibility index (Phi) is 4.36. The van der Waals surface area contributed by atoms with E-state index in [1.54, 1.807) is 11.3 Å². The molecule has 0 amide bonds. The largest absolute Gasteiger partial charge is 0.494 e. The number of ether oxygens (including phenoxy) is 1. The fraction of sp³-hybridized carbons (Fsp3) is 0.250. The van der Waals surface area contributed by atoms with E-state index in [9.17, 15) is 0 Å². The Balaban J connectivity index is 1.81. The monoisotopic (exact) mass is 319 g/mol. The van der Waals surface area contributed by atoms with Crippen molar-refractivity contribution in [1.82, 2.24) is 4.98 Å². The zero-order valence-electron chi connectivity index (χ0n) is 11.8. The van der Waals surface area contributed by atoms with Crippen LogP contribution in [-0.2, 0) is 7.05 Å². The molecule has 5 heteroatoms. The first kappa shape index (κ1) is 14.3. The van der Waals surface area contributed by atoms with Gasteiger partial charge in [0.15, 0.2) is 12.4 Å². The number of benzene rings is 1. The molecule has 0 saturated heterocycles. The molecule has 108 valence electrons. The predicted molar refractivity (Wildman–Crippen MR) is 87.1 cm³/mol. The van der Waals surface area contributed by atoms with Crippen molar-refractivity contribution in [3.63, 3.8) is 0 Å². The van der Waals surface area contributed by atoms with Crippen LogP contribution in [0.4, 0.5) is 0 Å². The summed E-state index contributed by atoms with van der Waals surface area (Å²) in [5.41, 5.74) is 2.14. The average Bonchev–Trinajstić information content (AvgIpc) is 2.91. The van der Waals surface area contributed by atoms with Crippen LogP contribution in [0.25, 0.3) is 20.8 Å². The summed E-state index contributed by atoms with van der Waals surface area (Å²) in [4.78, 5) is 4.69. The second-order valence-corrected chi connectivity index (χ2v) is 6.20. The highest BCUT2D eigenvalue weighted by Gasteiger charge is 2.09. The lowest BCUT2D eigenvalue weighted by Crippen LogP contribution is -2.25. The number of alkyl halides is 1. The molecule has 0 spiro atoms. The lowest BCUT2D eigenvalue weighted by molar-refractivity contribution is -0.670. The van der Waals surface area contributed by atoms with Gasteiger partial charge < -0.3 is 4.74 Å². The fourth-order valence-electron chi connectivity index (χ4n) is 2.04. The second-order valence-electron chi connectivity index (χ2n) is 4.79. The molecule has 0 aliphatic rings. The van der Waals surface area contributed by atoms with Crippen molar-refractivity contribution in [3.8, 4) is 16.3 Å². The molecule has 2 heterocycles. The maximum atomic E-state index is 5.63. The lowest BCUT2D eigenvalue weighted by Gasteiger charge is -2.05. The van der Waals surface area contributed by atoms with Gasteiger partial charge >= 0.3 is 0 Å². The van der Waals surface area contributed by atoms with Crippen LogP contribution in [0.3, 0.4) is 0 Å². The molecule has 21 heavy (non-hydrogen) atoms. The number of hydrogen-bond acceptors (Lipinski definition) is 3. The van der Waals surface area contributed by atoms with Crippen LogP contribution in [0.2, 0.25) is 0 Å². The maximum absolute atomic E-state index is 5.63. The molecule has 0 atom stereocenters. The molecule has 0 fully saturated rings. The molecule has 3 aromatic rings. The Hall–Kier alpha value is -1.65. The third-order valence-electron chi connectivity index (χ3n) is 3.12. The fourth-order valence-corrected chi connectivity index (χ4v) is 3.09. The molecule has 3 rings (SSSR count). The van der Waals surface area contributed by atoms with Crippen molar-refractivity contribution >= 4 is 33.2 Å². The van der Waals surface area contributed by atoms with Gasteiger partial charge in [0, 0.05) is 17.5 Å². The summed E-state index contributed by atoms with van der Waals surface area (Å²) in [6.45, 7) is 0.653. The van der Waals surface area contributed by atoms with E-state index in [0.29, 0.717) is 12.5 Å². The second kappa shape index (κ2) is 6.41. The quantitative estimate of drug-likeness (QED) is 0.406. The molecular weight excluding hydrogens is 304 g/mol. The van der Waals surface area contributed by atoms with Crippen LogP contribution in [-0.4, -0.2) is 17.5 Å². The van der Waals surface area contributed by atoms with Crippen molar-refractivity contribution in [2.24, 2.45) is 7.05 Å². The molecule has 1 aromatic carbocycles. The number of hydrogen-bond donors (Lipinski definition) is 0. The number of thiazole rings is 1. The van der Waals surface area contributed by atoms with Gasteiger partial charge in [0.1, 0.15) is 23.3 Å². The van der Waals surface area contributed by atoms with Gasteiger partial charge in [0.25, 0.3) is 0 Å². The van der Waals surface area contributed by atoms with E-state index in [1.165, 1.54) is 4.70 Å². The first-order valence-electron chi connectivity index (χ1n) is 6.81. The Morgan fingerprint density at radius 1 is 1.24 bits per heavy atom. The summed E-state index contributed by atoms with van der Waals surface area (Å²) in [5.74, 6) is 1.50. The number of rotatable bonds is 5. The van der Waals surface area contributed by atoms with E-state index < -0.39 is 0 Å². The third-order valence-corrected chi connectivity index (χ3v) is 4.47. The van der Waals surface area contributed by atoms with E-state index in [4.69, 9.17) is 16.3 Å². The third kappa shape index (κ3) is 3.34. The normalized spacial score (nSPS) is 11.0. The van der Waals surface area contributed by atoms with Gasteiger partial charge in [-0.2, -0.15) is 0 Å². The smallest absolute Gasteiger partial charge is 0.195 e. The SMILES string of the molecule is C[n+]1ccc2sc(-c3ccc(OCCCCl)cc3)nc2c1. The van der Waals surface area contributed by atoms with Crippen molar-refractivity contribution in [1.29, 1.82) is 0 Å². The summed E-state index contributed by atoms with van der Waals surface area (Å²) in [5, 5.41) is 1.03. The number of pyridine rings is 1. The molecule has 2 aromatic heterocycles. The van der Waals surface area contributed by atoms with Gasteiger partial charge in [-0.05, 0) is 30.7 Å². The number of aryl methyl sites for hydroxylation is 1. The zero-order valence-corrected chi connectivity index (χ0v) is 13.3. The minimum absolute atomic E-state index is 0.626. The van der Waals surface area contributed by atoms with E-state index in [-0.39, 0.29) is 0 Å². The topological polar surface area (TPSA) is 26.0 Å². The first-order valence-corrected chi connectivity index (χ1v) is 8.16. The van der Waals surface area contributed by atoms with Crippen LogP contribution in [0.5, 0.6) is 5.75 Å². The molecule has 3 nitrogen and oxygen atoms in total. The van der Waals surface area contributed by atoms with Gasteiger partial charge in [-0.15, -0.1) is 22.9 Å². The number of aromatic nitrogens is 2. The van der Waals surface area contributed by atoms with Crippen LogP contribution in [0.1, 0.15) is 6.42 Å². The molecule has 0 unspecified atom stereocenters. The van der Waals surface area contributed by atoms with E-state index in [1.807, 2.05) is 48.3 Å². The Labute approximate surface area is 132 Å². The van der Waals surface area contributed by atoms with Crippen molar-refractivity contribution < 1.29 is 9.30 Å². The van der Waals surface area contributed by atoms with E-state index >= 15 is 0 Å². The highest BCUT2D eigenvalue weighted by Crippen LogP contribution is 2.30. The standard InChI is InChI=1S/C16H16ClN2OS/c1-19-9-7-15-14(11-19)18-16(21-15)12-3-5-13(6-4-12)20-10-2-8-17/h3-7,9,11H,2,8,10H2,1H3/q+1. The number of halogens is 1. The summed E-state index contributed by atoms with van der Waals surface area (Å²) >= 11 is 7.34. The molecule has 0 aliphatic carbocycles. The lowest BCUT2D eigenvalue weighted by atomic mass is 10.2. The Morgan fingerprint density at radius 2 is 2.05 bits per heavy atom.